The minimum absolute atomic E-state index is 0.0822. The van der Waals surface area contributed by atoms with Crippen molar-refractivity contribution in [3.05, 3.63) is 107 Å². The summed E-state index contributed by atoms with van der Waals surface area (Å²) in [6.45, 7) is 0.263. The van der Waals surface area contributed by atoms with Gasteiger partial charge in [0.25, 0.3) is 5.91 Å². The van der Waals surface area contributed by atoms with Gasteiger partial charge in [-0.15, -0.1) is 0 Å². The maximum absolute atomic E-state index is 13.1. The van der Waals surface area contributed by atoms with Crippen LogP contribution >= 0.6 is 0 Å². The van der Waals surface area contributed by atoms with Gasteiger partial charge in [0.05, 0.1) is 6.21 Å². The summed E-state index contributed by atoms with van der Waals surface area (Å²) >= 11 is 0. The van der Waals surface area contributed by atoms with Gasteiger partial charge in [-0.3, -0.25) is 4.79 Å². The number of aromatic hydroxyl groups is 1. The molecule has 6 heteroatoms. The van der Waals surface area contributed by atoms with Crippen molar-refractivity contribution in [1.82, 2.24) is 5.43 Å². The Hall–Kier alpha value is -4.19. The molecule has 0 spiro atoms. The monoisotopic (exact) mass is 414 g/mol. The summed E-state index contributed by atoms with van der Waals surface area (Å²) in [7, 11) is 0. The number of hydrazone groups is 1. The number of phenolic OH excluding ortho intramolecular Hbond substituents is 1. The van der Waals surface area contributed by atoms with Crippen molar-refractivity contribution in [2.45, 2.75) is 6.61 Å². The van der Waals surface area contributed by atoms with E-state index in [2.05, 4.69) is 10.5 Å². The lowest BCUT2D eigenvalue weighted by Crippen LogP contribution is -2.17. The van der Waals surface area contributed by atoms with Gasteiger partial charge >= 0.3 is 0 Å². The summed E-state index contributed by atoms with van der Waals surface area (Å²) in [6.07, 6.45) is 1.54. The molecule has 0 aliphatic heterocycles. The van der Waals surface area contributed by atoms with Gasteiger partial charge in [-0.2, -0.15) is 5.10 Å². The highest BCUT2D eigenvalue weighted by Gasteiger charge is 2.09. The quantitative estimate of drug-likeness (QED) is 0.343. The van der Waals surface area contributed by atoms with E-state index in [-0.39, 0.29) is 18.2 Å². The third-order valence-corrected chi connectivity index (χ3v) is 4.73. The fourth-order valence-electron chi connectivity index (χ4n) is 3.11. The van der Waals surface area contributed by atoms with Crippen LogP contribution in [0.2, 0.25) is 0 Å². The number of rotatable bonds is 6. The molecule has 0 atom stereocenters. The van der Waals surface area contributed by atoms with Gasteiger partial charge in [0.1, 0.15) is 23.9 Å². The Morgan fingerprint density at radius 1 is 0.968 bits per heavy atom. The number of halogens is 1. The number of nitrogens with one attached hydrogen (secondary N) is 1. The van der Waals surface area contributed by atoms with Gasteiger partial charge in [-0.1, -0.05) is 42.5 Å². The fraction of sp³-hybridized carbons (Fsp3) is 0.0400. The number of carbonyl (C=O) groups is 1. The van der Waals surface area contributed by atoms with Crippen LogP contribution in [-0.2, 0) is 6.61 Å². The Morgan fingerprint density at radius 3 is 2.48 bits per heavy atom. The topological polar surface area (TPSA) is 70.9 Å². The van der Waals surface area contributed by atoms with E-state index in [9.17, 15) is 14.3 Å². The Kier molecular flexibility index (Phi) is 5.89. The Balaban J connectivity index is 1.57. The molecule has 5 nitrogen and oxygen atoms in total. The number of fused-ring (bicyclic) bond motifs is 1. The number of benzene rings is 4. The molecule has 4 aromatic carbocycles. The van der Waals surface area contributed by atoms with Crippen molar-refractivity contribution in [2.75, 3.05) is 0 Å². The standard InChI is InChI=1S/C25H19FN2O3/c26-20-10-5-17(6-11-20)16-31-24-14-9-18-3-1-2-4-22(18)23(24)15-27-28-25(30)19-7-12-21(29)13-8-19/h1-15,29H,16H2,(H,28,30)/b27-15-. The van der Waals surface area contributed by atoms with Crippen molar-refractivity contribution < 1.29 is 19.0 Å². The fourth-order valence-corrected chi connectivity index (χ4v) is 3.11. The van der Waals surface area contributed by atoms with Crippen LogP contribution in [0.1, 0.15) is 21.5 Å². The minimum Gasteiger partial charge on any atom is -0.508 e. The average Bonchev–Trinajstić information content (AvgIpc) is 2.79. The second-order valence-electron chi connectivity index (χ2n) is 6.86. The highest BCUT2D eigenvalue weighted by atomic mass is 19.1. The zero-order valence-electron chi connectivity index (χ0n) is 16.5. The summed E-state index contributed by atoms with van der Waals surface area (Å²) in [5, 5.41) is 15.4. The number of hydrogen-bond donors (Lipinski definition) is 2. The van der Waals surface area contributed by atoms with E-state index in [1.807, 2.05) is 36.4 Å². The first-order chi connectivity index (χ1) is 15.1. The molecule has 0 aromatic heterocycles. The van der Waals surface area contributed by atoms with E-state index < -0.39 is 5.91 Å². The first-order valence-corrected chi connectivity index (χ1v) is 9.61. The van der Waals surface area contributed by atoms with E-state index in [1.54, 1.807) is 18.3 Å². The molecule has 0 saturated heterocycles. The third kappa shape index (κ3) is 4.87. The number of phenols is 1. The van der Waals surface area contributed by atoms with Crippen molar-refractivity contribution in [3.63, 3.8) is 0 Å². The van der Waals surface area contributed by atoms with E-state index in [0.717, 1.165) is 16.3 Å². The van der Waals surface area contributed by atoms with E-state index in [0.29, 0.717) is 16.9 Å². The second kappa shape index (κ2) is 9.09. The zero-order valence-corrected chi connectivity index (χ0v) is 16.5. The molecule has 0 saturated carbocycles. The summed E-state index contributed by atoms with van der Waals surface area (Å²) in [5.41, 5.74) is 4.41. The molecule has 0 aliphatic rings. The van der Waals surface area contributed by atoms with E-state index >= 15 is 0 Å². The number of hydrogen-bond acceptors (Lipinski definition) is 4. The van der Waals surface area contributed by atoms with Crippen molar-refractivity contribution in [3.8, 4) is 11.5 Å². The van der Waals surface area contributed by atoms with E-state index in [1.165, 1.54) is 36.4 Å². The molecule has 0 radical (unpaired) electrons. The predicted molar refractivity (Wildman–Crippen MR) is 118 cm³/mol. The normalized spacial score (nSPS) is 11.0. The molecule has 0 fully saturated rings. The molecule has 1 amide bonds. The number of carbonyl (C=O) groups excluding carboxylic acids is 1. The summed E-state index contributed by atoms with van der Waals surface area (Å²) in [4.78, 5) is 12.3. The van der Waals surface area contributed by atoms with Crippen molar-refractivity contribution in [1.29, 1.82) is 0 Å². The lowest BCUT2D eigenvalue weighted by molar-refractivity contribution is 0.0955. The van der Waals surface area contributed by atoms with Crippen molar-refractivity contribution in [2.24, 2.45) is 5.10 Å². The Morgan fingerprint density at radius 2 is 1.71 bits per heavy atom. The molecule has 0 unspecified atom stereocenters. The number of nitrogens with zero attached hydrogens (tertiary/aromatic N) is 1. The van der Waals surface area contributed by atoms with Crippen LogP contribution < -0.4 is 10.2 Å². The van der Waals surface area contributed by atoms with E-state index in [4.69, 9.17) is 4.74 Å². The van der Waals surface area contributed by atoms with Crippen LogP contribution in [0.3, 0.4) is 0 Å². The van der Waals surface area contributed by atoms with Gasteiger partial charge < -0.3 is 9.84 Å². The molecule has 0 bridgehead atoms. The van der Waals surface area contributed by atoms with Crippen LogP contribution in [0.25, 0.3) is 10.8 Å². The molecule has 154 valence electrons. The summed E-state index contributed by atoms with van der Waals surface area (Å²) in [6, 6.07) is 23.6. The zero-order chi connectivity index (χ0) is 21.6. The highest BCUT2D eigenvalue weighted by Crippen LogP contribution is 2.27. The molecule has 0 heterocycles. The van der Waals surface area contributed by atoms with Gasteiger partial charge in [0, 0.05) is 11.1 Å². The molecular formula is C25H19FN2O3. The maximum Gasteiger partial charge on any atom is 0.271 e. The predicted octanol–water partition coefficient (Wildman–Crippen LogP) is 5.03. The van der Waals surface area contributed by atoms with Gasteiger partial charge in [0.2, 0.25) is 0 Å². The largest absolute Gasteiger partial charge is 0.508 e. The summed E-state index contributed by atoms with van der Waals surface area (Å²) < 4.78 is 19.1. The van der Waals surface area contributed by atoms with Crippen molar-refractivity contribution >= 4 is 22.9 Å². The minimum atomic E-state index is -0.398. The van der Waals surface area contributed by atoms with Crippen LogP contribution in [0.15, 0.2) is 90.0 Å². The molecule has 31 heavy (non-hydrogen) atoms. The molecule has 0 aliphatic carbocycles. The first-order valence-electron chi connectivity index (χ1n) is 9.61. The molecule has 4 aromatic rings. The number of amides is 1. The van der Waals surface area contributed by atoms with Gasteiger partial charge in [-0.05, 0) is 58.8 Å². The van der Waals surface area contributed by atoms with Crippen LogP contribution in [-0.4, -0.2) is 17.2 Å². The molecule has 2 N–H and O–H groups in total. The third-order valence-electron chi connectivity index (χ3n) is 4.73. The SMILES string of the molecule is O=C(N/N=C\c1c(OCc2ccc(F)cc2)ccc2ccccc12)c1ccc(O)cc1. The maximum atomic E-state index is 13.1. The second-order valence-corrected chi connectivity index (χ2v) is 6.86. The Labute approximate surface area is 178 Å². The lowest BCUT2D eigenvalue weighted by atomic mass is 10.0. The molecule has 4 rings (SSSR count). The first kappa shape index (κ1) is 20.1. The Bertz CT molecular complexity index is 1240. The van der Waals surface area contributed by atoms with Crippen LogP contribution in [0.4, 0.5) is 4.39 Å². The lowest BCUT2D eigenvalue weighted by Gasteiger charge is -2.12. The summed E-state index contributed by atoms with van der Waals surface area (Å²) in [5.74, 6) is -0.0266. The number of ether oxygens (including phenoxy) is 1. The van der Waals surface area contributed by atoms with Gasteiger partial charge in [-0.25, -0.2) is 9.82 Å². The highest BCUT2D eigenvalue weighted by molar-refractivity contribution is 6.03. The van der Waals surface area contributed by atoms with Crippen LogP contribution in [0, 0.1) is 5.82 Å². The van der Waals surface area contributed by atoms with Gasteiger partial charge in [0.15, 0.2) is 0 Å². The smallest absolute Gasteiger partial charge is 0.271 e. The average molecular weight is 414 g/mol. The van der Waals surface area contributed by atoms with Crippen LogP contribution in [0.5, 0.6) is 11.5 Å². The molecular weight excluding hydrogens is 395 g/mol.